The number of carbonyl (C=O) groups excluding carboxylic acids is 4. The molecule has 2 aromatic carbocycles. The topological polar surface area (TPSA) is 135 Å². The molecule has 0 bridgehead atoms. The molecule has 0 aliphatic rings. The van der Waals surface area contributed by atoms with E-state index in [1.807, 2.05) is 19.1 Å². The molecule has 0 fully saturated rings. The summed E-state index contributed by atoms with van der Waals surface area (Å²) < 4.78 is 26.0. The van der Waals surface area contributed by atoms with Crippen LogP contribution in [0.4, 0.5) is 4.79 Å². The first-order valence-corrected chi connectivity index (χ1v) is 14.9. The van der Waals surface area contributed by atoms with Crippen LogP contribution in [0.5, 0.6) is 11.5 Å². The van der Waals surface area contributed by atoms with Crippen LogP contribution >= 0.6 is 0 Å². The van der Waals surface area contributed by atoms with Gasteiger partial charge in [0.25, 0.3) is 0 Å². The number of aliphatic hydroxyl groups is 1. The van der Waals surface area contributed by atoms with Crippen LogP contribution in [-0.4, -0.2) is 62.0 Å². The number of allylic oxidation sites excluding steroid dienone is 1. The van der Waals surface area contributed by atoms with Crippen LogP contribution < -0.4 is 9.47 Å². The molecule has 1 N–H and O–H groups in total. The fourth-order valence-corrected chi connectivity index (χ4v) is 3.85. The molecule has 0 heterocycles. The number of hydrogen-bond acceptors (Lipinski definition) is 10. The Morgan fingerprint density at radius 2 is 1.47 bits per heavy atom. The van der Waals surface area contributed by atoms with Crippen molar-refractivity contribution in [1.29, 1.82) is 0 Å². The Bertz CT molecular complexity index is 1310. The second-order valence-electron chi connectivity index (χ2n) is 9.88. The van der Waals surface area contributed by atoms with Gasteiger partial charge in [-0.15, -0.1) is 0 Å². The molecule has 0 atom stereocenters. The number of unbranched alkanes of at least 4 members (excludes halogenated alkanes) is 4. The minimum atomic E-state index is -0.835. The Hall–Kier alpha value is -4.70. The lowest BCUT2D eigenvalue weighted by Crippen LogP contribution is -2.12. The first-order valence-electron chi connectivity index (χ1n) is 14.9. The van der Waals surface area contributed by atoms with E-state index in [0.717, 1.165) is 48.6 Å². The van der Waals surface area contributed by atoms with Gasteiger partial charge in [-0.2, -0.15) is 0 Å². The first-order chi connectivity index (χ1) is 21.8. The summed E-state index contributed by atoms with van der Waals surface area (Å²) in [6.45, 7) is 9.52. The maximum Gasteiger partial charge on any atom is 0.513 e. The highest BCUT2D eigenvalue weighted by molar-refractivity contribution is 6.07. The molecular formula is C35H42O10. The molecule has 0 spiro atoms. The maximum atomic E-state index is 12.8. The number of ketones is 1. The normalized spacial score (nSPS) is 10.6. The van der Waals surface area contributed by atoms with Gasteiger partial charge in [-0.1, -0.05) is 38.3 Å². The molecule has 0 aliphatic heterocycles. The average Bonchev–Trinajstić information content (AvgIpc) is 3.06. The molecule has 0 radical (unpaired) electrons. The van der Waals surface area contributed by atoms with Gasteiger partial charge in [0, 0.05) is 11.6 Å². The summed E-state index contributed by atoms with van der Waals surface area (Å²) in [6.07, 6.45) is 8.54. The second kappa shape index (κ2) is 21.1. The highest BCUT2D eigenvalue weighted by Crippen LogP contribution is 2.22. The van der Waals surface area contributed by atoms with Crippen molar-refractivity contribution in [2.24, 2.45) is 0 Å². The number of benzene rings is 2. The van der Waals surface area contributed by atoms with Gasteiger partial charge in [0.2, 0.25) is 0 Å². The minimum Gasteiger partial charge on any atom is -0.493 e. The van der Waals surface area contributed by atoms with E-state index >= 15 is 0 Å². The highest BCUT2D eigenvalue weighted by Gasteiger charge is 2.10. The van der Waals surface area contributed by atoms with Crippen molar-refractivity contribution in [2.45, 2.75) is 51.9 Å². The third kappa shape index (κ3) is 14.6. The molecule has 0 saturated carbocycles. The third-order valence-corrected chi connectivity index (χ3v) is 6.41. The molecule has 2 rings (SSSR count). The molecule has 0 aliphatic carbocycles. The molecule has 10 heteroatoms. The predicted octanol–water partition coefficient (Wildman–Crippen LogP) is 6.20. The molecule has 0 amide bonds. The predicted molar refractivity (Wildman–Crippen MR) is 169 cm³/mol. The van der Waals surface area contributed by atoms with Crippen LogP contribution in [-0.2, 0) is 30.2 Å². The first kappa shape index (κ1) is 36.5. The minimum absolute atomic E-state index is 0.0502. The lowest BCUT2D eigenvalue weighted by atomic mass is 10.0. The standard InChI is InChI=1S/C35H42O10/c1-4-28-24-29(15-19-32(28)41-20-8-6-7-9-22-43-34(39)26(3)25-36)31(37)18-14-27-12-16-30(17-13-27)45-35(40)44-23-11-10-21-42-33(38)5-2/h5,12-19,24,36H,2-4,6-11,20-23,25H2,1H3/b18-14+. The summed E-state index contributed by atoms with van der Waals surface area (Å²) in [7, 11) is 0. The van der Waals surface area contributed by atoms with Crippen LogP contribution in [0.15, 0.2) is 73.3 Å². The van der Waals surface area contributed by atoms with Crippen LogP contribution in [0, 0.1) is 0 Å². The number of rotatable bonds is 21. The number of hydrogen-bond donors (Lipinski definition) is 1. The number of carbonyl (C=O) groups is 4. The zero-order chi connectivity index (χ0) is 32.9. The van der Waals surface area contributed by atoms with Crippen molar-refractivity contribution in [2.75, 3.05) is 33.0 Å². The van der Waals surface area contributed by atoms with Crippen molar-refractivity contribution in [3.63, 3.8) is 0 Å². The quantitative estimate of drug-likeness (QED) is 0.0428. The Balaban J connectivity index is 1.72. The Labute approximate surface area is 264 Å². The van der Waals surface area contributed by atoms with Gasteiger partial charge in [-0.3, -0.25) is 4.79 Å². The molecule has 0 unspecified atom stereocenters. The number of ether oxygens (including phenoxy) is 5. The van der Waals surface area contributed by atoms with Gasteiger partial charge in [0.1, 0.15) is 11.5 Å². The molecule has 242 valence electrons. The number of esters is 2. The molecule has 45 heavy (non-hydrogen) atoms. The van der Waals surface area contributed by atoms with E-state index < -0.39 is 24.7 Å². The Morgan fingerprint density at radius 3 is 2.13 bits per heavy atom. The molecule has 0 aromatic heterocycles. The monoisotopic (exact) mass is 622 g/mol. The van der Waals surface area contributed by atoms with Crippen LogP contribution in [0.3, 0.4) is 0 Å². The zero-order valence-corrected chi connectivity index (χ0v) is 25.8. The van der Waals surface area contributed by atoms with E-state index in [2.05, 4.69) is 13.2 Å². The van der Waals surface area contributed by atoms with Crippen molar-refractivity contribution in [3.8, 4) is 11.5 Å². The van der Waals surface area contributed by atoms with Crippen LogP contribution in [0.25, 0.3) is 6.08 Å². The van der Waals surface area contributed by atoms with E-state index in [9.17, 15) is 19.2 Å². The smallest absolute Gasteiger partial charge is 0.493 e. The fourth-order valence-electron chi connectivity index (χ4n) is 3.85. The van der Waals surface area contributed by atoms with Gasteiger partial charge in [0.15, 0.2) is 5.78 Å². The van der Waals surface area contributed by atoms with E-state index in [0.29, 0.717) is 43.8 Å². The molecule has 10 nitrogen and oxygen atoms in total. The van der Waals surface area contributed by atoms with Gasteiger partial charge in [-0.25, -0.2) is 14.4 Å². The fraction of sp³-hybridized carbons (Fsp3) is 0.371. The zero-order valence-electron chi connectivity index (χ0n) is 25.8. The summed E-state index contributed by atoms with van der Waals surface area (Å²) in [6, 6.07) is 12.0. The number of aliphatic hydroxyl groups excluding tert-OH is 1. The lowest BCUT2D eigenvalue weighted by molar-refractivity contribution is -0.140. The maximum absolute atomic E-state index is 12.8. The highest BCUT2D eigenvalue weighted by atomic mass is 16.7. The van der Waals surface area contributed by atoms with Gasteiger partial charge >= 0.3 is 18.1 Å². The van der Waals surface area contributed by atoms with Gasteiger partial charge in [0.05, 0.1) is 38.6 Å². The van der Waals surface area contributed by atoms with Crippen molar-refractivity contribution >= 4 is 30.0 Å². The Morgan fingerprint density at radius 1 is 0.822 bits per heavy atom. The Kier molecular flexibility index (Phi) is 17.1. The van der Waals surface area contributed by atoms with E-state index in [4.69, 9.17) is 28.8 Å². The van der Waals surface area contributed by atoms with Gasteiger partial charge < -0.3 is 28.8 Å². The van der Waals surface area contributed by atoms with Crippen LogP contribution in [0.2, 0.25) is 0 Å². The molecule has 2 aromatic rings. The SMILES string of the molecule is C=CC(=O)OCCCCOC(=O)Oc1ccc(/C=C/C(=O)c2ccc(OCCCCCCOC(=O)C(=C)CO)c(CC)c2)cc1. The lowest BCUT2D eigenvalue weighted by Gasteiger charge is -2.12. The summed E-state index contributed by atoms with van der Waals surface area (Å²) in [4.78, 5) is 47.1. The van der Waals surface area contributed by atoms with E-state index in [-0.39, 0.29) is 24.6 Å². The van der Waals surface area contributed by atoms with Crippen molar-refractivity contribution < 1.29 is 48.0 Å². The second-order valence-corrected chi connectivity index (χ2v) is 9.88. The van der Waals surface area contributed by atoms with Crippen molar-refractivity contribution in [3.05, 3.63) is 90.0 Å². The number of aryl methyl sites for hydroxylation is 1. The van der Waals surface area contributed by atoms with Crippen molar-refractivity contribution in [1.82, 2.24) is 0 Å². The summed E-state index contributed by atoms with van der Waals surface area (Å²) in [5, 5.41) is 8.86. The largest absolute Gasteiger partial charge is 0.513 e. The summed E-state index contributed by atoms with van der Waals surface area (Å²) in [5.41, 5.74) is 2.29. The average molecular weight is 623 g/mol. The summed E-state index contributed by atoms with van der Waals surface area (Å²) >= 11 is 0. The van der Waals surface area contributed by atoms with Gasteiger partial charge in [-0.05, 0) is 92.5 Å². The van der Waals surface area contributed by atoms with Crippen LogP contribution in [0.1, 0.15) is 66.9 Å². The summed E-state index contributed by atoms with van der Waals surface area (Å²) in [5.74, 6) is -0.159. The molecule has 0 saturated heterocycles. The third-order valence-electron chi connectivity index (χ3n) is 6.41. The van der Waals surface area contributed by atoms with E-state index in [1.54, 1.807) is 36.4 Å². The molecular weight excluding hydrogens is 580 g/mol. The van der Waals surface area contributed by atoms with E-state index in [1.165, 1.54) is 6.08 Å².